The highest BCUT2D eigenvalue weighted by Gasteiger charge is 2.15. The van der Waals surface area contributed by atoms with Crippen LogP contribution in [0.1, 0.15) is 6.42 Å². The molecule has 1 aliphatic heterocycles. The second kappa shape index (κ2) is 7.49. The van der Waals surface area contributed by atoms with E-state index in [9.17, 15) is 0 Å². The van der Waals surface area contributed by atoms with Gasteiger partial charge in [-0.3, -0.25) is 4.90 Å². The van der Waals surface area contributed by atoms with Gasteiger partial charge >= 0.3 is 0 Å². The van der Waals surface area contributed by atoms with Gasteiger partial charge in [-0.25, -0.2) is 0 Å². The summed E-state index contributed by atoms with van der Waals surface area (Å²) in [6.07, 6.45) is 1.29. The molecule has 0 bridgehead atoms. The van der Waals surface area contributed by atoms with Crippen molar-refractivity contribution in [2.75, 3.05) is 65.7 Å². The molecule has 0 N–H and O–H groups in total. The van der Waals surface area contributed by atoms with Gasteiger partial charge < -0.3 is 9.80 Å². The number of hydrogen-bond acceptors (Lipinski definition) is 4. The highest BCUT2D eigenvalue weighted by Crippen LogP contribution is 2.02. The first kappa shape index (κ1) is 13.3. The molecule has 1 aliphatic rings. The summed E-state index contributed by atoms with van der Waals surface area (Å²) in [7, 11) is 4.29. The highest BCUT2D eigenvalue weighted by molar-refractivity contribution is 7.80. The summed E-state index contributed by atoms with van der Waals surface area (Å²) in [5.74, 6) is 0.987. The lowest BCUT2D eigenvalue weighted by Gasteiger charge is -2.34. The molecule has 0 radical (unpaired) electrons. The molecule has 0 aromatic heterocycles. The average Bonchev–Trinajstić information content (AvgIpc) is 2.20. The quantitative estimate of drug-likeness (QED) is 0.667. The topological polar surface area (TPSA) is 9.72 Å². The Morgan fingerprint density at radius 3 is 2.00 bits per heavy atom. The minimum Gasteiger partial charge on any atom is -0.309 e. The Kier molecular flexibility index (Phi) is 6.64. The van der Waals surface area contributed by atoms with E-state index >= 15 is 0 Å². The Hall–Kier alpha value is 0.230. The predicted octanol–water partition coefficient (Wildman–Crippen LogP) is 0.485. The lowest BCUT2D eigenvalue weighted by atomic mass is 10.3. The van der Waals surface area contributed by atoms with Crippen molar-refractivity contribution in [3.05, 3.63) is 0 Å². The Labute approximate surface area is 99.8 Å². The van der Waals surface area contributed by atoms with Crippen molar-refractivity contribution < 1.29 is 0 Å². The molecule has 0 aromatic rings. The maximum atomic E-state index is 4.27. The second-order valence-corrected chi connectivity index (χ2v) is 5.01. The Morgan fingerprint density at radius 2 is 1.53 bits per heavy atom. The maximum absolute atomic E-state index is 4.27. The van der Waals surface area contributed by atoms with Crippen molar-refractivity contribution in [2.24, 2.45) is 0 Å². The zero-order valence-corrected chi connectivity index (χ0v) is 11.0. The second-order valence-electron chi connectivity index (χ2n) is 4.56. The molecule has 0 aliphatic carbocycles. The van der Waals surface area contributed by atoms with E-state index in [1.807, 2.05) is 0 Å². The fourth-order valence-corrected chi connectivity index (χ4v) is 2.27. The zero-order valence-electron chi connectivity index (χ0n) is 10.2. The molecule has 1 fully saturated rings. The van der Waals surface area contributed by atoms with Crippen molar-refractivity contribution in [1.29, 1.82) is 0 Å². The normalized spacial score (nSPS) is 20.0. The van der Waals surface area contributed by atoms with Crippen LogP contribution in [-0.2, 0) is 0 Å². The molecule has 15 heavy (non-hydrogen) atoms. The first-order chi connectivity index (χ1) is 7.22. The van der Waals surface area contributed by atoms with Gasteiger partial charge in [-0.05, 0) is 33.6 Å². The number of rotatable bonds is 6. The fourth-order valence-electron chi connectivity index (χ4n) is 1.99. The maximum Gasteiger partial charge on any atom is 0.0110 e. The van der Waals surface area contributed by atoms with Crippen LogP contribution in [-0.4, -0.2) is 80.4 Å². The molecule has 0 amide bonds. The monoisotopic (exact) mass is 231 g/mol. The van der Waals surface area contributed by atoms with Crippen molar-refractivity contribution in [3.63, 3.8) is 0 Å². The van der Waals surface area contributed by atoms with Crippen molar-refractivity contribution in [3.8, 4) is 0 Å². The minimum absolute atomic E-state index is 0.987. The largest absolute Gasteiger partial charge is 0.309 e. The summed E-state index contributed by atoms with van der Waals surface area (Å²) in [6, 6.07) is 0. The van der Waals surface area contributed by atoms with E-state index in [0.717, 1.165) is 12.3 Å². The first-order valence-corrected chi connectivity index (χ1v) is 6.56. The highest BCUT2D eigenvalue weighted by atomic mass is 32.1. The number of piperazine rings is 1. The molecule has 0 aromatic carbocycles. The lowest BCUT2D eigenvalue weighted by molar-refractivity contribution is 0.134. The number of nitrogens with zero attached hydrogens (tertiary/aromatic N) is 3. The zero-order chi connectivity index (χ0) is 11.1. The minimum atomic E-state index is 0.987. The van der Waals surface area contributed by atoms with Crippen LogP contribution < -0.4 is 0 Å². The standard InChI is InChI=1S/C11H25N3S/c1-12(2)4-3-5-13-6-8-14(9-7-13)10-11-15/h15H,3-11H2,1-2H3. The van der Waals surface area contributed by atoms with Gasteiger partial charge in [0.25, 0.3) is 0 Å². The lowest BCUT2D eigenvalue weighted by Crippen LogP contribution is -2.47. The summed E-state index contributed by atoms with van der Waals surface area (Å²) in [6.45, 7) is 8.53. The number of thiol groups is 1. The summed E-state index contributed by atoms with van der Waals surface area (Å²) in [5, 5.41) is 0. The summed E-state index contributed by atoms with van der Waals surface area (Å²) < 4.78 is 0. The first-order valence-electron chi connectivity index (χ1n) is 5.92. The van der Waals surface area contributed by atoms with Gasteiger partial charge in [-0.15, -0.1) is 0 Å². The van der Waals surface area contributed by atoms with E-state index in [-0.39, 0.29) is 0 Å². The van der Waals surface area contributed by atoms with Crippen LogP contribution in [0.2, 0.25) is 0 Å². The van der Waals surface area contributed by atoms with E-state index in [0.29, 0.717) is 0 Å². The molecular weight excluding hydrogens is 206 g/mol. The van der Waals surface area contributed by atoms with Crippen LogP contribution in [0.25, 0.3) is 0 Å². The molecule has 1 heterocycles. The third-order valence-electron chi connectivity index (χ3n) is 2.96. The van der Waals surface area contributed by atoms with Gasteiger partial charge in [0.2, 0.25) is 0 Å². The van der Waals surface area contributed by atoms with E-state index < -0.39 is 0 Å². The van der Waals surface area contributed by atoms with Gasteiger partial charge in [0.05, 0.1) is 0 Å². The molecule has 0 saturated carbocycles. The third kappa shape index (κ3) is 5.76. The van der Waals surface area contributed by atoms with Crippen molar-refractivity contribution >= 4 is 12.6 Å². The molecule has 0 unspecified atom stereocenters. The van der Waals surface area contributed by atoms with Crippen LogP contribution in [0.4, 0.5) is 0 Å². The van der Waals surface area contributed by atoms with Crippen LogP contribution in [0.15, 0.2) is 0 Å². The molecular formula is C11H25N3S. The van der Waals surface area contributed by atoms with E-state index in [4.69, 9.17) is 0 Å². The van der Waals surface area contributed by atoms with Gasteiger partial charge in [-0.2, -0.15) is 12.6 Å². The fraction of sp³-hybridized carbons (Fsp3) is 1.00. The van der Waals surface area contributed by atoms with Crippen LogP contribution in [0.5, 0.6) is 0 Å². The molecule has 0 atom stereocenters. The predicted molar refractivity (Wildman–Crippen MR) is 69.9 cm³/mol. The van der Waals surface area contributed by atoms with Crippen LogP contribution in [0.3, 0.4) is 0 Å². The smallest absolute Gasteiger partial charge is 0.0110 e. The van der Waals surface area contributed by atoms with Crippen molar-refractivity contribution in [2.45, 2.75) is 6.42 Å². The van der Waals surface area contributed by atoms with Crippen molar-refractivity contribution in [1.82, 2.24) is 14.7 Å². The van der Waals surface area contributed by atoms with Gasteiger partial charge in [-0.1, -0.05) is 0 Å². The summed E-state index contributed by atoms with van der Waals surface area (Å²) in [5.41, 5.74) is 0. The summed E-state index contributed by atoms with van der Waals surface area (Å²) in [4.78, 5) is 7.35. The Bertz CT molecular complexity index is 156. The summed E-state index contributed by atoms with van der Waals surface area (Å²) >= 11 is 4.27. The van der Waals surface area contributed by atoms with Gasteiger partial charge in [0.15, 0.2) is 0 Å². The van der Waals surface area contributed by atoms with Crippen LogP contribution >= 0.6 is 12.6 Å². The molecule has 90 valence electrons. The van der Waals surface area contributed by atoms with E-state index in [1.54, 1.807) is 0 Å². The molecule has 4 heteroatoms. The third-order valence-corrected chi connectivity index (χ3v) is 3.16. The SMILES string of the molecule is CN(C)CCCN1CCN(CCS)CC1. The van der Waals surface area contributed by atoms with Crippen LogP contribution in [0, 0.1) is 0 Å². The average molecular weight is 231 g/mol. The number of hydrogen-bond donors (Lipinski definition) is 1. The van der Waals surface area contributed by atoms with Gasteiger partial charge in [0.1, 0.15) is 0 Å². The molecule has 1 saturated heterocycles. The Morgan fingerprint density at radius 1 is 1.00 bits per heavy atom. The van der Waals surface area contributed by atoms with Gasteiger partial charge in [0, 0.05) is 38.5 Å². The van der Waals surface area contributed by atoms with E-state index in [2.05, 4.69) is 41.4 Å². The molecule has 1 rings (SSSR count). The molecule has 3 nitrogen and oxygen atoms in total. The van der Waals surface area contributed by atoms with E-state index in [1.165, 1.54) is 45.7 Å². The molecule has 0 spiro atoms. The Balaban J connectivity index is 2.04.